The van der Waals surface area contributed by atoms with E-state index in [0.717, 1.165) is 44.9 Å². The lowest BCUT2D eigenvalue weighted by Gasteiger charge is -2.08. The predicted octanol–water partition coefficient (Wildman–Crippen LogP) is 2.66. The van der Waals surface area contributed by atoms with E-state index in [2.05, 4.69) is 11.7 Å². The summed E-state index contributed by atoms with van der Waals surface area (Å²) in [6.07, 6.45) is 7.34. The number of rotatable bonds is 9. The van der Waals surface area contributed by atoms with Gasteiger partial charge < -0.3 is 9.84 Å². The van der Waals surface area contributed by atoms with Crippen LogP contribution in [0.15, 0.2) is 0 Å². The minimum Gasteiger partial charge on any atom is -0.469 e. The van der Waals surface area contributed by atoms with Crippen LogP contribution in [-0.4, -0.2) is 24.3 Å². The van der Waals surface area contributed by atoms with Crippen LogP contribution in [0.4, 0.5) is 0 Å². The summed E-state index contributed by atoms with van der Waals surface area (Å²) >= 11 is 0. The highest BCUT2D eigenvalue weighted by atomic mass is 16.5. The number of unbranched alkanes of at least 4 members (excludes halogenated alkanes) is 3. The highest BCUT2D eigenvalue weighted by Gasteiger charge is 2.02. The summed E-state index contributed by atoms with van der Waals surface area (Å²) in [6, 6.07) is 0. The Bertz CT molecular complexity index is 157. The van der Waals surface area contributed by atoms with Crippen molar-refractivity contribution in [1.29, 1.82) is 0 Å². The fraction of sp³-hybridized carbons (Fsp3) is 0.917. The number of aliphatic hydroxyl groups excluding tert-OH is 1. The number of hydrogen-bond acceptors (Lipinski definition) is 3. The van der Waals surface area contributed by atoms with Crippen molar-refractivity contribution in [3.63, 3.8) is 0 Å². The van der Waals surface area contributed by atoms with E-state index in [1.54, 1.807) is 0 Å². The summed E-state index contributed by atoms with van der Waals surface area (Å²) in [5.74, 6) is -0.124. The molecule has 0 heterocycles. The van der Waals surface area contributed by atoms with Gasteiger partial charge in [-0.25, -0.2) is 0 Å². The summed E-state index contributed by atoms with van der Waals surface area (Å²) in [5, 5.41) is 9.46. The second-order valence-electron chi connectivity index (χ2n) is 3.97. The third kappa shape index (κ3) is 9.73. The molecule has 0 aliphatic rings. The van der Waals surface area contributed by atoms with Gasteiger partial charge in [-0.05, 0) is 19.3 Å². The molecule has 0 radical (unpaired) electrons. The second-order valence-corrected chi connectivity index (χ2v) is 3.97. The van der Waals surface area contributed by atoms with Gasteiger partial charge >= 0.3 is 5.97 Å². The molecule has 0 aromatic rings. The van der Waals surface area contributed by atoms with Gasteiger partial charge in [0, 0.05) is 6.42 Å². The molecule has 90 valence electrons. The number of aliphatic hydroxyl groups is 1. The number of esters is 1. The maximum Gasteiger partial charge on any atom is 0.305 e. The van der Waals surface area contributed by atoms with Crippen LogP contribution >= 0.6 is 0 Å². The maximum absolute atomic E-state index is 10.8. The molecule has 15 heavy (non-hydrogen) atoms. The average molecular weight is 216 g/mol. The number of methoxy groups -OCH3 is 1. The molecule has 1 atom stereocenters. The molecular formula is C12H24O3. The van der Waals surface area contributed by atoms with Crippen LogP contribution in [0, 0.1) is 0 Å². The van der Waals surface area contributed by atoms with Crippen LogP contribution in [0.1, 0.15) is 58.3 Å². The quantitative estimate of drug-likeness (QED) is 0.476. The molecule has 1 unspecified atom stereocenters. The van der Waals surface area contributed by atoms with Gasteiger partial charge in [-0.2, -0.15) is 0 Å². The van der Waals surface area contributed by atoms with Gasteiger partial charge in [0.15, 0.2) is 0 Å². The molecule has 0 rings (SSSR count). The zero-order valence-electron chi connectivity index (χ0n) is 10.00. The van der Waals surface area contributed by atoms with Crippen LogP contribution < -0.4 is 0 Å². The van der Waals surface area contributed by atoms with Crippen LogP contribution in [-0.2, 0) is 9.53 Å². The normalized spacial score (nSPS) is 12.5. The first-order chi connectivity index (χ1) is 7.20. The first-order valence-corrected chi connectivity index (χ1v) is 5.95. The number of carbonyl (C=O) groups excluding carboxylic acids is 1. The minimum atomic E-state index is -0.129. The van der Waals surface area contributed by atoms with Crippen molar-refractivity contribution in [2.75, 3.05) is 7.11 Å². The van der Waals surface area contributed by atoms with Crippen LogP contribution in [0.5, 0.6) is 0 Å². The lowest BCUT2D eigenvalue weighted by Crippen LogP contribution is -2.05. The molecule has 0 aliphatic heterocycles. The molecule has 0 saturated carbocycles. The van der Waals surface area contributed by atoms with Gasteiger partial charge in [0.05, 0.1) is 13.2 Å². The van der Waals surface area contributed by atoms with Gasteiger partial charge in [0.2, 0.25) is 0 Å². The molecule has 3 nitrogen and oxygen atoms in total. The molecule has 0 spiro atoms. The zero-order chi connectivity index (χ0) is 11.5. The largest absolute Gasteiger partial charge is 0.469 e. The summed E-state index contributed by atoms with van der Waals surface area (Å²) < 4.78 is 4.55. The van der Waals surface area contributed by atoms with Crippen molar-refractivity contribution in [3.05, 3.63) is 0 Å². The Hall–Kier alpha value is -0.570. The standard InChI is InChI=1S/C12H24O3/c1-3-8-11(13)9-6-4-5-7-10-12(14)15-2/h11,13H,3-10H2,1-2H3. The predicted molar refractivity (Wildman–Crippen MR) is 60.6 cm³/mol. The Balaban J connectivity index is 3.14. The lowest BCUT2D eigenvalue weighted by atomic mass is 10.1. The van der Waals surface area contributed by atoms with Crippen molar-refractivity contribution in [3.8, 4) is 0 Å². The monoisotopic (exact) mass is 216 g/mol. The van der Waals surface area contributed by atoms with E-state index in [1.807, 2.05) is 0 Å². The van der Waals surface area contributed by atoms with E-state index in [0.29, 0.717) is 6.42 Å². The average Bonchev–Trinajstić information content (AvgIpc) is 2.23. The Kier molecular flexibility index (Phi) is 9.59. The van der Waals surface area contributed by atoms with Crippen molar-refractivity contribution in [2.24, 2.45) is 0 Å². The molecule has 0 aliphatic carbocycles. The number of ether oxygens (including phenoxy) is 1. The van der Waals surface area contributed by atoms with Crippen molar-refractivity contribution < 1.29 is 14.6 Å². The Labute approximate surface area is 92.8 Å². The second kappa shape index (κ2) is 9.97. The van der Waals surface area contributed by atoms with Crippen LogP contribution in [0.2, 0.25) is 0 Å². The first-order valence-electron chi connectivity index (χ1n) is 5.95. The lowest BCUT2D eigenvalue weighted by molar-refractivity contribution is -0.140. The van der Waals surface area contributed by atoms with E-state index in [4.69, 9.17) is 0 Å². The van der Waals surface area contributed by atoms with E-state index in [1.165, 1.54) is 7.11 Å². The molecular weight excluding hydrogens is 192 g/mol. The zero-order valence-corrected chi connectivity index (χ0v) is 10.00. The molecule has 0 saturated heterocycles. The van der Waals surface area contributed by atoms with E-state index >= 15 is 0 Å². The Morgan fingerprint density at radius 3 is 2.47 bits per heavy atom. The van der Waals surface area contributed by atoms with Crippen molar-refractivity contribution in [1.82, 2.24) is 0 Å². The molecule has 0 fully saturated rings. The highest BCUT2D eigenvalue weighted by molar-refractivity contribution is 5.68. The molecule has 0 aromatic carbocycles. The van der Waals surface area contributed by atoms with Crippen molar-refractivity contribution in [2.45, 2.75) is 64.4 Å². The van der Waals surface area contributed by atoms with E-state index in [9.17, 15) is 9.90 Å². The Morgan fingerprint density at radius 1 is 1.20 bits per heavy atom. The fourth-order valence-electron chi connectivity index (χ4n) is 1.58. The summed E-state index contributed by atoms with van der Waals surface area (Å²) in [6.45, 7) is 2.08. The van der Waals surface area contributed by atoms with E-state index in [-0.39, 0.29) is 12.1 Å². The maximum atomic E-state index is 10.8. The Morgan fingerprint density at radius 2 is 1.87 bits per heavy atom. The highest BCUT2D eigenvalue weighted by Crippen LogP contribution is 2.10. The van der Waals surface area contributed by atoms with Crippen LogP contribution in [0.25, 0.3) is 0 Å². The van der Waals surface area contributed by atoms with Crippen LogP contribution in [0.3, 0.4) is 0 Å². The summed E-state index contributed by atoms with van der Waals surface area (Å²) in [5.41, 5.74) is 0. The summed E-state index contributed by atoms with van der Waals surface area (Å²) in [7, 11) is 1.42. The molecule has 0 aromatic heterocycles. The molecule has 0 amide bonds. The third-order valence-corrected chi connectivity index (χ3v) is 2.52. The van der Waals surface area contributed by atoms with Gasteiger partial charge in [-0.15, -0.1) is 0 Å². The number of carbonyl (C=O) groups is 1. The number of hydrogen-bond donors (Lipinski definition) is 1. The molecule has 3 heteroatoms. The van der Waals surface area contributed by atoms with Gasteiger partial charge in [0.1, 0.15) is 0 Å². The summed E-state index contributed by atoms with van der Waals surface area (Å²) in [4.78, 5) is 10.8. The van der Waals surface area contributed by atoms with Gasteiger partial charge in [-0.3, -0.25) is 4.79 Å². The topological polar surface area (TPSA) is 46.5 Å². The van der Waals surface area contributed by atoms with Gasteiger partial charge in [-0.1, -0.05) is 32.6 Å². The smallest absolute Gasteiger partial charge is 0.305 e. The molecule has 1 N–H and O–H groups in total. The molecule has 0 bridgehead atoms. The minimum absolute atomic E-state index is 0.124. The van der Waals surface area contributed by atoms with Gasteiger partial charge in [0.25, 0.3) is 0 Å². The van der Waals surface area contributed by atoms with E-state index < -0.39 is 0 Å². The third-order valence-electron chi connectivity index (χ3n) is 2.52. The first kappa shape index (κ1) is 14.4. The SMILES string of the molecule is CCCC(O)CCCCCCC(=O)OC. The fourth-order valence-corrected chi connectivity index (χ4v) is 1.58. The van der Waals surface area contributed by atoms with Crippen molar-refractivity contribution >= 4 is 5.97 Å².